The molecular formula is C26H22N2O2S. The van der Waals surface area contributed by atoms with Crippen molar-refractivity contribution in [1.82, 2.24) is 4.98 Å². The predicted molar refractivity (Wildman–Crippen MR) is 125 cm³/mol. The van der Waals surface area contributed by atoms with Crippen molar-refractivity contribution < 1.29 is 9.53 Å². The fourth-order valence-corrected chi connectivity index (χ4v) is 3.86. The monoisotopic (exact) mass is 426 g/mol. The summed E-state index contributed by atoms with van der Waals surface area (Å²) in [6.07, 6.45) is 3.65. The molecule has 1 heterocycles. The van der Waals surface area contributed by atoms with E-state index < -0.39 is 0 Å². The molecule has 0 fully saturated rings. The molecule has 0 atom stereocenters. The second kappa shape index (κ2) is 10.5. The number of nitrogens with zero attached hydrogens (tertiary/aromatic N) is 1. The minimum Gasteiger partial charge on any atom is -0.489 e. The molecule has 1 N–H and O–H groups in total. The number of benzene rings is 3. The van der Waals surface area contributed by atoms with Crippen LogP contribution in [0.5, 0.6) is 5.75 Å². The van der Waals surface area contributed by atoms with Gasteiger partial charge < -0.3 is 10.1 Å². The van der Waals surface area contributed by atoms with Crippen LogP contribution in [0, 0.1) is 0 Å². The van der Waals surface area contributed by atoms with E-state index in [0.29, 0.717) is 12.2 Å². The van der Waals surface area contributed by atoms with Crippen LogP contribution < -0.4 is 10.1 Å². The molecule has 4 rings (SSSR count). The number of para-hydroxylation sites is 1. The summed E-state index contributed by atoms with van der Waals surface area (Å²) >= 11 is 1.74. The molecule has 0 saturated heterocycles. The number of ether oxygens (including phenoxy) is 1. The van der Waals surface area contributed by atoms with Crippen LogP contribution in [0.1, 0.15) is 21.5 Å². The van der Waals surface area contributed by atoms with Gasteiger partial charge in [-0.05, 0) is 54.1 Å². The van der Waals surface area contributed by atoms with Gasteiger partial charge in [0, 0.05) is 39.9 Å². The number of pyridine rings is 1. The molecule has 0 aliphatic carbocycles. The summed E-state index contributed by atoms with van der Waals surface area (Å²) in [5, 5.41) is 2.98. The van der Waals surface area contributed by atoms with Gasteiger partial charge in [-0.1, -0.05) is 42.5 Å². The maximum atomic E-state index is 12.9. The van der Waals surface area contributed by atoms with Gasteiger partial charge in [-0.25, -0.2) is 0 Å². The van der Waals surface area contributed by atoms with Crippen LogP contribution >= 0.6 is 11.8 Å². The molecule has 0 bridgehead atoms. The van der Waals surface area contributed by atoms with Crippen molar-refractivity contribution in [1.29, 1.82) is 0 Å². The van der Waals surface area contributed by atoms with E-state index in [1.165, 1.54) is 5.56 Å². The van der Waals surface area contributed by atoms with Crippen LogP contribution in [-0.2, 0) is 12.4 Å². The maximum absolute atomic E-state index is 12.9. The van der Waals surface area contributed by atoms with E-state index in [0.717, 1.165) is 27.6 Å². The summed E-state index contributed by atoms with van der Waals surface area (Å²) in [6.45, 7) is 0.331. The number of hydrogen-bond donors (Lipinski definition) is 1. The Morgan fingerprint density at radius 2 is 1.65 bits per heavy atom. The maximum Gasteiger partial charge on any atom is 0.256 e. The van der Waals surface area contributed by atoms with Gasteiger partial charge >= 0.3 is 0 Å². The lowest BCUT2D eigenvalue weighted by Gasteiger charge is -2.12. The van der Waals surface area contributed by atoms with Gasteiger partial charge in [-0.15, -0.1) is 11.8 Å². The first-order valence-electron chi connectivity index (χ1n) is 9.97. The molecule has 0 radical (unpaired) electrons. The zero-order chi connectivity index (χ0) is 21.3. The van der Waals surface area contributed by atoms with Crippen molar-refractivity contribution in [3.63, 3.8) is 0 Å². The highest BCUT2D eigenvalue weighted by Crippen LogP contribution is 2.24. The number of carbonyl (C=O) groups is 1. The lowest BCUT2D eigenvalue weighted by molar-refractivity contribution is 0.102. The minimum absolute atomic E-state index is 0.150. The molecule has 4 aromatic rings. The average molecular weight is 427 g/mol. The molecule has 5 heteroatoms. The summed E-state index contributed by atoms with van der Waals surface area (Å²) in [4.78, 5) is 18.1. The van der Waals surface area contributed by atoms with Crippen molar-refractivity contribution in [3.8, 4) is 5.75 Å². The first-order chi connectivity index (χ1) is 15.3. The second-order valence-corrected chi connectivity index (χ2v) is 7.94. The van der Waals surface area contributed by atoms with Crippen molar-refractivity contribution >= 4 is 23.4 Å². The molecule has 0 unspecified atom stereocenters. The number of nitrogens with one attached hydrogen (secondary N) is 1. The summed E-state index contributed by atoms with van der Waals surface area (Å²) in [5.41, 5.74) is 3.38. The SMILES string of the molecule is O=C(Nc1ccc(SCc2cccnc2)cc1)c1ccccc1COc1ccccc1. The lowest BCUT2D eigenvalue weighted by atomic mass is 10.1. The number of thioether (sulfide) groups is 1. The Hall–Kier alpha value is -3.57. The smallest absolute Gasteiger partial charge is 0.256 e. The van der Waals surface area contributed by atoms with E-state index >= 15 is 0 Å². The van der Waals surface area contributed by atoms with Crippen LogP contribution in [0.25, 0.3) is 0 Å². The summed E-state index contributed by atoms with van der Waals surface area (Å²) < 4.78 is 5.82. The molecule has 0 aliphatic heterocycles. The molecule has 0 spiro atoms. The third kappa shape index (κ3) is 5.96. The van der Waals surface area contributed by atoms with Gasteiger partial charge in [0.2, 0.25) is 0 Å². The zero-order valence-corrected chi connectivity index (χ0v) is 17.7. The molecule has 1 amide bonds. The van der Waals surface area contributed by atoms with Crippen LogP contribution in [0.4, 0.5) is 5.69 Å². The van der Waals surface area contributed by atoms with E-state index in [1.54, 1.807) is 18.0 Å². The van der Waals surface area contributed by atoms with E-state index in [1.807, 2.05) is 91.1 Å². The normalized spacial score (nSPS) is 10.5. The highest BCUT2D eigenvalue weighted by molar-refractivity contribution is 7.98. The molecule has 4 nitrogen and oxygen atoms in total. The summed E-state index contributed by atoms with van der Waals surface area (Å²) in [5.74, 6) is 1.48. The standard InChI is InChI=1S/C26H22N2O2S/c29-26(25-11-5-4-8-21(25)18-30-23-9-2-1-3-10-23)28-22-12-14-24(15-13-22)31-19-20-7-6-16-27-17-20/h1-17H,18-19H2,(H,28,29). The van der Waals surface area contributed by atoms with Crippen LogP contribution in [-0.4, -0.2) is 10.9 Å². The van der Waals surface area contributed by atoms with Gasteiger partial charge in [-0.3, -0.25) is 9.78 Å². The highest BCUT2D eigenvalue weighted by atomic mass is 32.2. The topological polar surface area (TPSA) is 51.2 Å². The van der Waals surface area contributed by atoms with Gasteiger partial charge in [0.05, 0.1) is 0 Å². The predicted octanol–water partition coefficient (Wildman–Crippen LogP) is 6.21. The van der Waals surface area contributed by atoms with Crippen LogP contribution in [0.15, 0.2) is 108 Å². The Labute approximate surface area is 186 Å². The molecule has 154 valence electrons. The zero-order valence-electron chi connectivity index (χ0n) is 16.9. The molecular weight excluding hydrogens is 404 g/mol. The number of carbonyl (C=O) groups excluding carboxylic acids is 1. The highest BCUT2D eigenvalue weighted by Gasteiger charge is 2.12. The molecule has 3 aromatic carbocycles. The Morgan fingerprint density at radius 3 is 2.42 bits per heavy atom. The molecule has 0 aliphatic rings. The minimum atomic E-state index is -0.150. The lowest BCUT2D eigenvalue weighted by Crippen LogP contribution is -2.15. The molecule has 0 saturated carbocycles. The van der Waals surface area contributed by atoms with Crippen molar-refractivity contribution in [3.05, 3.63) is 120 Å². The number of hydrogen-bond acceptors (Lipinski definition) is 4. The third-order valence-corrected chi connectivity index (χ3v) is 5.72. The number of aromatic nitrogens is 1. The summed E-state index contributed by atoms with van der Waals surface area (Å²) in [6, 6.07) is 29.0. The first-order valence-corrected chi connectivity index (χ1v) is 11.0. The van der Waals surface area contributed by atoms with Crippen LogP contribution in [0.2, 0.25) is 0 Å². The van der Waals surface area contributed by atoms with E-state index in [4.69, 9.17) is 4.74 Å². The third-order valence-electron chi connectivity index (χ3n) is 4.64. The average Bonchev–Trinajstić information content (AvgIpc) is 2.84. The first kappa shape index (κ1) is 20.7. The number of rotatable bonds is 8. The largest absolute Gasteiger partial charge is 0.489 e. The summed E-state index contributed by atoms with van der Waals surface area (Å²) in [7, 11) is 0. The fourth-order valence-electron chi connectivity index (χ4n) is 3.03. The van der Waals surface area contributed by atoms with Crippen LogP contribution in [0.3, 0.4) is 0 Å². The second-order valence-electron chi connectivity index (χ2n) is 6.89. The number of anilines is 1. The van der Waals surface area contributed by atoms with E-state index in [9.17, 15) is 4.79 Å². The Morgan fingerprint density at radius 1 is 0.871 bits per heavy atom. The van der Waals surface area contributed by atoms with Crippen molar-refractivity contribution in [2.45, 2.75) is 17.3 Å². The van der Waals surface area contributed by atoms with E-state index in [-0.39, 0.29) is 5.91 Å². The van der Waals surface area contributed by atoms with Gasteiger partial charge in [0.1, 0.15) is 12.4 Å². The van der Waals surface area contributed by atoms with Gasteiger partial charge in [-0.2, -0.15) is 0 Å². The Balaban J connectivity index is 1.37. The Bertz CT molecular complexity index is 1120. The van der Waals surface area contributed by atoms with E-state index in [2.05, 4.69) is 16.4 Å². The van der Waals surface area contributed by atoms with Crippen molar-refractivity contribution in [2.24, 2.45) is 0 Å². The molecule has 1 aromatic heterocycles. The van der Waals surface area contributed by atoms with Gasteiger partial charge in [0.25, 0.3) is 5.91 Å². The fraction of sp³-hybridized carbons (Fsp3) is 0.0769. The quantitative estimate of drug-likeness (QED) is 0.341. The van der Waals surface area contributed by atoms with Gasteiger partial charge in [0.15, 0.2) is 0 Å². The van der Waals surface area contributed by atoms with Crippen molar-refractivity contribution in [2.75, 3.05) is 5.32 Å². The molecule has 31 heavy (non-hydrogen) atoms. The number of amides is 1. The Kier molecular flexibility index (Phi) is 6.98.